The Bertz CT molecular complexity index is 635. The van der Waals surface area contributed by atoms with Gasteiger partial charge >= 0.3 is 5.97 Å². The highest BCUT2D eigenvalue weighted by molar-refractivity contribution is 8.14. The van der Waals surface area contributed by atoms with Gasteiger partial charge in [-0.05, 0) is 37.8 Å². The van der Waals surface area contributed by atoms with Crippen molar-refractivity contribution in [2.75, 3.05) is 32.7 Å². The maximum Gasteiger partial charge on any atom is 0.331 e. The summed E-state index contributed by atoms with van der Waals surface area (Å²) in [4.78, 5) is 16.3. The number of unbranched alkanes of at least 4 members (excludes halogenated alkanes) is 3. The first-order valence-electron chi connectivity index (χ1n) is 9.48. The zero-order valence-corrected chi connectivity index (χ0v) is 16.9. The molecule has 0 fully saturated rings. The highest BCUT2D eigenvalue weighted by atomic mass is 32.2. The van der Waals surface area contributed by atoms with Gasteiger partial charge in [-0.2, -0.15) is 0 Å². The number of phenolic OH excluding ortho intramolecular Hbond substituents is 1. The second kappa shape index (κ2) is 11.9. The molecule has 7 heteroatoms. The third-order valence-electron chi connectivity index (χ3n) is 4.08. The Labute approximate surface area is 165 Å². The summed E-state index contributed by atoms with van der Waals surface area (Å²) in [6.45, 7) is 3.78. The van der Waals surface area contributed by atoms with Crippen LogP contribution in [0.1, 0.15) is 44.6 Å². The van der Waals surface area contributed by atoms with Gasteiger partial charge in [0.15, 0.2) is 6.04 Å². The van der Waals surface area contributed by atoms with Crippen LogP contribution in [0.15, 0.2) is 23.2 Å². The minimum absolute atomic E-state index is 0.112. The third-order valence-corrected chi connectivity index (χ3v) is 5.16. The molecule has 1 aliphatic heterocycles. The van der Waals surface area contributed by atoms with Gasteiger partial charge in [0.2, 0.25) is 0 Å². The summed E-state index contributed by atoms with van der Waals surface area (Å²) < 4.78 is 15.9. The van der Waals surface area contributed by atoms with Crippen molar-refractivity contribution in [1.82, 2.24) is 0 Å². The molecule has 27 heavy (non-hydrogen) atoms. The molecule has 0 saturated heterocycles. The Morgan fingerprint density at radius 3 is 2.70 bits per heavy atom. The van der Waals surface area contributed by atoms with E-state index in [0.717, 1.165) is 38.7 Å². The molecule has 0 radical (unpaired) electrons. The van der Waals surface area contributed by atoms with Gasteiger partial charge in [0, 0.05) is 31.1 Å². The van der Waals surface area contributed by atoms with E-state index in [9.17, 15) is 9.90 Å². The standard InChI is InChI=1S/C20H29NO5S/c1-3-10-26-20(23)17-14-27-19(21-17)16-9-8-15(13-18(16)22)25-12-7-5-4-6-11-24-2/h8-9,13,17,22H,3-7,10-12,14H2,1-2H3. The average Bonchev–Trinajstić information content (AvgIpc) is 3.15. The molecule has 1 N–H and O–H groups in total. The fourth-order valence-corrected chi connectivity index (χ4v) is 3.67. The monoisotopic (exact) mass is 395 g/mol. The number of carbonyl (C=O) groups is 1. The van der Waals surface area contributed by atoms with E-state index in [2.05, 4.69) is 4.99 Å². The Morgan fingerprint density at radius 1 is 1.22 bits per heavy atom. The number of thioether (sulfide) groups is 1. The summed E-state index contributed by atoms with van der Waals surface area (Å²) in [5.41, 5.74) is 0.623. The predicted molar refractivity (Wildman–Crippen MR) is 108 cm³/mol. The van der Waals surface area contributed by atoms with E-state index in [-0.39, 0.29) is 11.7 Å². The van der Waals surface area contributed by atoms with Gasteiger partial charge in [0.25, 0.3) is 0 Å². The molecular formula is C20H29NO5S. The maximum absolute atomic E-state index is 11.9. The van der Waals surface area contributed by atoms with Gasteiger partial charge in [-0.15, -0.1) is 11.8 Å². The number of methoxy groups -OCH3 is 1. The van der Waals surface area contributed by atoms with Crippen LogP contribution >= 0.6 is 11.8 Å². The zero-order valence-electron chi connectivity index (χ0n) is 16.1. The molecule has 6 nitrogen and oxygen atoms in total. The first kappa shape index (κ1) is 21.6. The van der Waals surface area contributed by atoms with Crippen LogP contribution in [0.5, 0.6) is 11.5 Å². The number of aliphatic imine (C=N–C) groups is 1. The largest absolute Gasteiger partial charge is 0.507 e. The van der Waals surface area contributed by atoms with E-state index in [4.69, 9.17) is 14.2 Å². The van der Waals surface area contributed by atoms with Crippen molar-refractivity contribution in [3.63, 3.8) is 0 Å². The first-order valence-corrected chi connectivity index (χ1v) is 10.5. The van der Waals surface area contributed by atoms with Crippen molar-refractivity contribution < 1.29 is 24.1 Å². The summed E-state index contributed by atoms with van der Waals surface area (Å²) in [5, 5.41) is 11.0. The van der Waals surface area contributed by atoms with Gasteiger partial charge < -0.3 is 19.3 Å². The minimum atomic E-state index is -0.495. The summed E-state index contributed by atoms with van der Waals surface area (Å²) in [6.07, 6.45) is 5.04. The van der Waals surface area contributed by atoms with Gasteiger partial charge in [-0.25, -0.2) is 4.79 Å². The van der Waals surface area contributed by atoms with Crippen LogP contribution in [0, 0.1) is 0 Å². The van der Waals surface area contributed by atoms with Crippen LogP contribution in [-0.2, 0) is 14.3 Å². The molecule has 150 valence electrons. The smallest absolute Gasteiger partial charge is 0.331 e. The SMILES string of the molecule is CCCOC(=O)C1CSC(c2ccc(OCCCCCCOC)cc2O)=N1. The Morgan fingerprint density at radius 2 is 2.00 bits per heavy atom. The average molecular weight is 396 g/mol. The number of esters is 1. The topological polar surface area (TPSA) is 77.4 Å². The molecule has 2 rings (SSSR count). The molecule has 0 saturated carbocycles. The normalized spacial score (nSPS) is 16.2. The van der Waals surface area contributed by atoms with Crippen LogP contribution in [0.4, 0.5) is 0 Å². The highest BCUT2D eigenvalue weighted by Gasteiger charge is 2.28. The maximum atomic E-state index is 11.9. The lowest BCUT2D eigenvalue weighted by Gasteiger charge is -2.09. The second-order valence-electron chi connectivity index (χ2n) is 6.36. The Balaban J connectivity index is 1.83. The van der Waals surface area contributed by atoms with Crippen LogP contribution in [0.2, 0.25) is 0 Å². The molecule has 1 aliphatic rings. The molecule has 1 heterocycles. The van der Waals surface area contributed by atoms with Crippen LogP contribution < -0.4 is 4.74 Å². The zero-order chi connectivity index (χ0) is 19.5. The quantitative estimate of drug-likeness (QED) is 0.429. The minimum Gasteiger partial charge on any atom is -0.507 e. The lowest BCUT2D eigenvalue weighted by Crippen LogP contribution is -2.21. The molecule has 0 bridgehead atoms. The Hall–Kier alpha value is -1.73. The number of carbonyl (C=O) groups excluding carboxylic acids is 1. The first-order chi connectivity index (χ1) is 13.2. The lowest BCUT2D eigenvalue weighted by atomic mass is 10.2. The van der Waals surface area contributed by atoms with E-state index in [1.165, 1.54) is 11.8 Å². The highest BCUT2D eigenvalue weighted by Crippen LogP contribution is 2.31. The predicted octanol–water partition coefficient (Wildman–Crippen LogP) is 3.79. The van der Waals surface area contributed by atoms with Crippen LogP contribution in [0.3, 0.4) is 0 Å². The van der Waals surface area contributed by atoms with Gasteiger partial charge in [0.1, 0.15) is 16.5 Å². The lowest BCUT2D eigenvalue weighted by molar-refractivity contribution is -0.144. The van der Waals surface area contributed by atoms with E-state index in [1.54, 1.807) is 19.2 Å². The molecule has 1 aromatic carbocycles. The molecule has 0 aliphatic carbocycles. The number of rotatable bonds is 12. The number of phenols is 1. The van der Waals surface area contributed by atoms with E-state index in [1.807, 2.05) is 13.0 Å². The van der Waals surface area contributed by atoms with Crippen molar-refractivity contribution in [2.24, 2.45) is 4.99 Å². The van der Waals surface area contributed by atoms with Crippen molar-refractivity contribution in [2.45, 2.75) is 45.1 Å². The fraction of sp³-hybridized carbons (Fsp3) is 0.600. The summed E-state index contributed by atoms with van der Waals surface area (Å²) in [7, 11) is 1.72. The molecule has 1 aromatic rings. The number of benzene rings is 1. The Kier molecular flexibility index (Phi) is 9.48. The third kappa shape index (κ3) is 7.07. The summed E-state index contributed by atoms with van der Waals surface area (Å²) in [6, 6.07) is 4.72. The summed E-state index contributed by atoms with van der Waals surface area (Å²) in [5.74, 6) is 0.986. The van der Waals surface area contributed by atoms with E-state index in [0.29, 0.717) is 35.3 Å². The summed E-state index contributed by atoms with van der Waals surface area (Å²) >= 11 is 1.45. The van der Waals surface area contributed by atoms with Crippen molar-refractivity contribution in [1.29, 1.82) is 0 Å². The molecule has 0 spiro atoms. The molecule has 0 amide bonds. The molecule has 1 unspecified atom stereocenters. The van der Waals surface area contributed by atoms with Crippen molar-refractivity contribution in [3.05, 3.63) is 23.8 Å². The number of nitrogens with zero attached hydrogens (tertiary/aromatic N) is 1. The van der Waals surface area contributed by atoms with Gasteiger partial charge in [0.05, 0.1) is 13.2 Å². The van der Waals surface area contributed by atoms with E-state index >= 15 is 0 Å². The molecular weight excluding hydrogens is 366 g/mol. The van der Waals surface area contributed by atoms with Crippen molar-refractivity contribution >= 4 is 22.8 Å². The van der Waals surface area contributed by atoms with Gasteiger partial charge in [-0.3, -0.25) is 4.99 Å². The molecule has 0 aromatic heterocycles. The van der Waals surface area contributed by atoms with Crippen LogP contribution in [0.25, 0.3) is 0 Å². The second-order valence-corrected chi connectivity index (χ2v) is 7.37. The number of aromatic hydroxyl groups is 1. The van der Waals surface area contributed by atoms with E-state index < -0.39 is 6.04 Å². The van der Waals surface area contributed by atoms with Crippen LogP contribution in [-0.4, -0.2) is 54.8 Å². The number of hydrogen-bond donors (Lipinski definition) is 1. The number of ether oxygens (including phenoxy) is 3. The molecule has 1 atom stereocenters. The van der Waals surface area contributed by atoms with Crippen molar-refractivity contribution in [3.8, 4) is 11.5 Å². The van der Waals surface area contributed by atoms with Gasteiger partial charge in [-0.1, -0.05) is 13.3 Å². The number of hydrogen-bond acceptors (Lipinski definition) is 7. The fourth-order valence-electron chi connectivity index (χ4n) is 2.61.